The molecule has 2 saturated carbocycles. The molecule has 1 heteroatoms. The highest BCUT2D eigenvalue weighted by Crippen LogP contribution is 2.37. The largest absolute Gasteiger partial charge is 0.314 e. The minimum Gasteiger partial charge on any atom is -0.314 e. The van der Waals surface area contributed by atoms with E-state index in [-0.39, 0.29) is 0 Å². The van der Waals surface area contributed by atoms with Crippen molar-refractivity contribution in [1.82, 2.24) is 5.32 Å². The molecule has 0 aliphatic heterocycles. The van der Waals surface area contributed by atoms with Gasteiger partial charge in [-0.15, -0.1) is 0 Å². The third-order valence-electron chi connectivity index (χ3n) is 3.88. The van der Waals surface area contributed by atoms with E-state index in [9.17, 15) is 0 Å². The second-order valence-corrected chi connectivity index (χ2v) is 5.35. The summed E-state index contributed by atoms with van der Waals surface area (Å²) < 4.78 is 0. The summed E-state index contributed by atoms with van der Waals surface area (Å²) in [6.45, 7) is 6.06. The monoisotopic (exact) mass is 181 g/mol. The van der Waals surface area contributed by atoms with Crippen molar-refractivity contribution in [2.24, 2.45) is 17.8 Å². The summed E-state index contributed by atoms with van der Waals surface area (Å²) in [6.07, 6.45) is 7.21. The lowest BCUT2D eigenvalue weighted by atomic mass is 9.87. The van der Waals surface area contributed by atoms with Crippen molar-refractivity contribution in [2.75, 3.05) is 6.54 Å². The van der Waals surface area contributed by atoms with Gasteiger partial charge in [0.25, 0.3) is 0 Å². The molecular weight excluding hydrogens is 158 g/mol. The van der Waals surface area contributed by atoms with Crippen molar-refractivity contribution in [2.45, 2.75) is 52.0 Å². The third-order valence-corrected chi connectivity index (χ3v) is 3.88. The van der Waals surface area contributed by atoms with Gasteiger partial charge in [0.15, 0.2) is 0 Å². The Labute approximate surface area is 82.3 Å². The molecule has 2 aliphatic rings. The maximum absolute atomic E-state index is 3.74. The molecular formula is C12H23N. The van der Waals surface area contributed by atoms with Crippen molar-refractivity contribution in [3.8, 4) is 0 Å². The molecule has 76 valence electrons. The van der Waals surface area contributed by atoms with Gasteiger partial charge in [-0.2, -0.15) is 0 Å². The van der Waals surface area contributed by atoms with Crippen LogP contribution in [0.5, 0.6) is 0 Å². The van der Waals surface area contributed by atoms with Gasteiger partial charge in [-0.3, -0.25) is 0 Å². The number of hydrogen-bond donors (Lipinski definition) is 1. The molecule has 0 saturated heterocycles. The maximum atomic E-state index is 3.74. The summed E-state index contributed by atoms with van der Waals surface area (Å²) in [7, 11) is 0. The van der Waals surface area contributed by atoms with Crippen molar-refractivity contribution in [3.63, 3.8) is 0 Å². The van der Waals surface area contributed by atoms with Gasteiger partial charge in [0, 0.05) is 6.04 Å². The molecule has 2 aliphatic carbocycles. The van der Waals surface area contributed by atoms with E-state index in [1.807, 2.05) is 0 Å². The summed E-state index contributed by atoms with van der Waals surface area (Å²) in [5.41, 5.74) is 0. The van der Waals surface area contributed by atoms with E-state index < -0.39 is 0 Å². The van der Waals surface area contributed by atoms with E-state index in [1.54, 1.807) is 0 Å². The lowest BCUT2D eigenvalue weighted by molar-refractivity contribution is 0.298. The second-order valence-electron chi connectivity index (χ2n) is 5.35. The predicted molar refractivity (Wildman–Crippen MR) is 56.7 cm³/mol. The van der Waals surface area contributed by atoms with Gasteiger partial charge in [-0.1, -0.05) is 26.7 Å². The Morgan fingerprint density at radius 2 is 1.92 bits per heavy atom. The molecule has 0 amide bonds. The first kappa shape index (κ1) is 9.51. The molecule has 13 heavy (non-hydrogen) atoms. The standard InChI is InChI=1S/C12H23N/c1-9-4-3-5-12(6-9)13-8-11-7-10(11)2/h9-13H,3-8H2,1-2H3. The molecule has 0 bridgehead atoms. The molecule has 1 nitrogen and oxygen atoms in total. The number of rotatable bonds is 3. The summed E-state index contributed by atoms with van der Waals surface area (Å²) in [5.74, 6) is 2.98. The lowest BCUT2D eigenvalue weighted by Gasteiger charge is -2.27. The zero-order chi connectivity index (χ0) is 9.26. The molecule has 0 heterocycles. The van der Waals surface area contributed by atoms with Gasteiger partial charge < -0.3 is 5.32 Å². The highest BCUT2D eigenvalue weighted by molar-refractivity contribution is 4.86. The molecule has 0 aromatic rings. The van der Waals surface area contributed by atoms with Crippen LogP contribution >= 0.6 is 0 Å². The van der Waals surface area contributed by atoms with Gasteiger partial charge in [-0.05, 0) is 43.6 Å². The minimum atomic E-state index is 0.844. The zero-order valence-electron chi connectivity index (χ0n) is 9.05. The van der Waals surface area contributed by atoms with Crippen LogP contribution in [0.2, 0.25) is 0 Å². The lowest BCUT2D eigenvalue weighted by Crippen LogP contribution is -2.34. The fourth-order valence-electron chi connectivity index (χ4n) is 2.62. The Morgan fingerprint density at radius 1 is 1.15 bits per heavy atom. The van der Waals surface area contributed by atoms with Crippen LogP contribution in [-0.2, 0) is 0 Å². The molecule has 4 atom stereocenters. The second kappa shape index (κ2) is 4.00. The SMILES string of the molecule is CC1CCCC(NCC2CC2C)C1. The van der Waals surface area contributed by atoms with Gasteiger partial charge >= 0.3 is 0 Å². The maximum Gasteiger partial charge on any atom is 0.00697 e. The first-order chi connectivity index (χ1) is 6.25. The van der Waals surface area contributed by atoms with Gasteiger partial charge in [0.1, 0.15) is 0 Å². The fourth-order valence-corrected chi connectivity index (χ4v) is 2.62. The highest BCUT2D eigenvalue weighted by Gasteiger charge is 2.32. The van der Waals surface area contributed by atoms with Gasteiger partial charge in [0.2, 0.25) is 0 Å². The fraction of sp³-hybridized carbons (Fsp3) is 1.00. The van der Waals surface area contributed by atoms with Crippen LogP contribution in [0.15, 0.2) is 0 Å². The van der Waals surface area contributed by atoms with E-state index in [4.69, 9.17) is 0 Å². The average molecular weight is 181 g/mol. The smallest absolute Gasteiger partial charge is 0.00697 e. The molecule has 2 fully saturated rings. The Balaban J connectivity index is 1.63. The van der Waals surface area contributed by atoms with E-state index in [2.05, 4.69) is 19.2 Å². The molecule has 4 unspecified atom stereocenters. The first-order valence-corrected chi connectivity index (χ1v) is 5.99. The van der Waals surface area contributed by atoms with E-state index in [1.165, 1.54) is 38.6 Å². The normalized spacial score (nSPS) is 44.8. The van der Waals surface area contributed by atoms with Crippen LogP contribution in [0.4, 0.5) is 0 Å². The Kier molecular flexibility index (Phi) is 2.92. The van der Waals surface area contributed by atoms with E-state index in [0.717, 1.165) is 23.8 Å². The van der Waals surface area contributed by atoms with Crippen LogP contribution in [0.25, 0.3) is 0 Å². The van der Waals surface area contributed by atoms with Crippen molar-refractivity contribution < 1.29 is 0 Å². The zero-order valence-corrected chi connectivity index (χ0v) is 9.05. The summed E-state index contributed by atoms with van der Waals surface area (Å²) in [4.78, 5) is 0. The average Bonchev–Trinajstić information content (AvgIpc) is 2.79. The van der Waals surface area contributed by atoms with Crippen LogP contribution in [0.1, 0.15) is 46.0 Å². The summed E-state index contributed by atoms with van der Waals surface area (Å²) in [6, 6.07) is 0.844. The quantitative estimate of drug-likeness (QED) is 0.706. The molecule has 1 N–H and O–H groups in total. The highest BCUT2D eigenvalue weighted by atomic mass is 14.9. The Bertz CT molecular complexity index is 167. The first-order valence-electron chi connectivity index (χ1n) is 5.99. The van der Waals surface area contributed by atoms with Crippen molar-refractivity contribution in [1.29, 1.82) is 0 Å². The van der Waals surface area contributed by atoms with Gasteiger partial charge in [0.05, 0.1) is 0 Å². The Morgan fingerprint density at radius 3 is 2.54 bits per heavy atom. The van der Waals surface area contributed by atoms with Crippen molar-refractivity contribution >= 4 is 0 Å². The molecule has 0 aromatic heterocycles. The van der Waals surface area contributed by atoms with Crippen molar-refractivity contribution in [3.05, 3.63) is 0 Å². The Hall–Kier alpha value is -0.0400. The van der Waals surface area contributed by atoms with Crippen LogP contribution < -0.4 is 5.32 Å². The molecule has 2 rings (SSSR count). The summed E-state index contributed by atoms with van der Waals surface area (Å²) >= 11 is 0. The third kappa shape index (κ3) is 2.70. The predicted octanol–water partition coefficient (Wildman–Crippen LogP) is 2.81. The van der Waals surface area contributed by atoms with Crippen LogP contribution in [0.3, 0.4) is 0 Å². The molecule has 0 radical (unpaired) electrons. The van der Waals surface area contributed by atoms with Crippen LogP contribution in [-0.4, -0.2) is 12.6 Å². The van der Waals surface area contributed by atoms with Crippen LogP contribution in [0, 0.1) is 17.8 Å². The summed E-state index contributed by atoms with van der Waals surface area (Å²) in [5, 5.41) is 3.74. The topological polar surface area (TPSA) is 12.0 Å². The number of hydrogen-bond acceptors (Lipinski definition) is 1. The van der Waals surface area contributed by atoms with Gasteiger partial charge in [-0.25, -0.2) is 0 Å². The van der Waals surface area contributed by atoms with E-state index in [0.29, 0.717) is 0 Å². The molecule has 0 aromatic carbocycles. The van der Waals surface area contributed by atoms with E-state index >= 15 is 0 Å². The minimum absolute atomic E-state index is 0.844. The molecule has 0 spiro atoms. The number of nitrogens with one attached hydrogen (secondary N) is 1.